The van der Waals surface area contributed by atoms with E-state index in [0.29, 0.717) is 23.3 Å². The zero-order valence-corrected chi connectivity index (χ0v) is 18.1. The summed E-state index contributed by atoms with van der Waals surface area (Å²) >= 11 is 1.44. The Morgan fingerprint density at radius 1 is 1.13 bits per heavy atom. The smallest absolute Gasteiger partial charge is 0.252 e. The fourth-order valence-electron chi connectivity index (χ4n) is 3.18. The van der Waals surface area contributed by atoms with Gasteiger partial charge in [-0.3, -0.25) is 4.79 Å². The maximum absolute atomic E-state index is 12.5. The van der Waals surface area contributed by atoms with Crippen molar-refractivity contribution in [2.45, 2.75) is 34.1 Å². The minimum absolute atomic E-state index is 0.0544. The molecule has 0 aliphatic carbocycles. The van der Waals surface area contributed by atoms with Crippen LogP contribution in [0.25, 0.3) is 17.0 Å². The van der Waals surface area contributed by atoms with Crippen molar-refractivity contribution in [1.29, 1.82) is 0 Å². The maximum Gasteiger partial charge on any atom is 0.252 e. The van der Waals surface area contributed by atoms with Crippen LogP contribution in [0.2, 0.25) is 0 Å². The van der Waals surface area contributed by atoms with Crippen LogP contribution < -0.4 is 10.1 Å². The number of thiazole rings is 1. The Hall–Kier alpha value is -3.33. The van der Waals surface area contributed by atoms with Crippen molar-refractivity contribution in [2.75, 3.05) is 11.9 Å². The van der Waals surface area contributed by atoms with E-state index in [1.165, 1.54) is 11.3 Å². The molecule has 154 valence electrons. The summed E-state index contributed by atoms with van der Waals surface area (Å²) in [6.45, 7) is 8.40. The van der Waals surface area contributed by atoms with E-state index in [2.05, 4.69) is 25.4 Å². The van der Waals surface area contributed by atoms with E-state index in [-0.39, 0.29) is 12.3 Å². The SMILES string of the molecule is CCOc1ccc(-c2nc(NC(=O)Cc3nc4nc(C)cc(C)n4n3)sc2C)cc1. The van der Waals surface area contributed by atoms with E-state index in [1.54, 1.807) is 4.52 Å². The number of nitrogens with zero attached hydrogens (tertiary/aromatic N) is 5. The molecule has 0 unspecified atom stereocenters. The molecule has 0 bridgehead atoms. The van der Waals surface area contributed by atoms with Crippen molar-refractivity contribution >= 4 is 28.2 Å². The number of aromatic nitrogens is 5. The minimum Gasteiger partial charge on any atom is -0.494 e. The second-order valence-corrected chi connectivity index (χ2v) is 8.09. The number of benzene rings is 1. The molecule has 1 aromatic carbocycles. The fourth-order valence-corrected chi connectivity index (χ4v) is 4.04. The zero-order valence-electron chi connectivity index (χ0n) is 17.3. The summed E-state index contributed by atoms with van der Waals surface area (Å²) in [5.41, 5.74) is 3.61. The lowest BCUT2D eigenvalue weighted by Gasteiger charge is -2.04. The summed E-state index contributed by atoms with van der Waals surface area (Å²) in [7, 11) is 0. The van der Waals surface area contributed by atoms with E-state index in [9.17, 15) is 4.79 Å². The predicted molar refractivity (Wildman–Crippen MR) is 116 cm³/mol. The molecule has 4 rings (SSSR count). The molecular formula is C21H22N6O2S. The van der Waals surface area contributed by atoms with E-state index < -0.39 is 0 Å². The van der Waals surface area contributed by atoms with Crippen LogP contribution in [0, 0.1) is 20.8 Å². The van der Waals surface area contributed by atoms with Gasteiger partial charge in [0.25, 0.3) is 5.78 Å². The van der Waals surface area contributed by atoms with Crippen LogP contribution in [0.5, 0.6) is 5.75 Å². The van der Waals surface area contributed by atoms with Gasteiger partial charge in [-0.1, -0.05) is 0 Å². The van der Waals surface area contributed by atoms with Gasteiger partial charge in [-0.25, -0.2) is 14.5 Å². The van der Waals surface area contributed by atoms with Crippen LogP contribution in [-0.2, 0) is 11.2 Å². The standard InChI is InChI=1S/C21H22N6O2S/c1-5-29-16-8-6-15(7-9-16)19-14(4)30-21(25-19)24-18(28)11-17-23-20-22-12(2)10-13(3)27(20)26-17/h6-10H,5,11H2,1-4H3,(H,24,25,28). The monoisotopic (exact) mass is 422 g/mol. The number of amides is 1. The van der Waals surface area contributed by atoms with Gasteiger partial charge < -0.3 is 10.1 Å². The van der Waals surface area contributed by atoms with E-state index >= 15 is 0 Å². The Kier molecular flexibility index (Phi) is 5.45. The van der Waals surface area contributed by atoms with E-state index in [1.807, 2.05) is 58.0 Å². The molecule has 8 nitrogen and oxygen atoms in total. The number of carbonyl (C=O) groups is 1. The minimum atomic E-state index is -0.215. The average molecular weight is 423 g/mol. The van der Waals surface area contributed by atoms with Crippen LogP contribution >= 0.6 is 11.3 Å². The molecule has 0 saturated heterocycles. The number of fused-ring (bicyclic) bond motifs is 1. The van der Waals surface area contributed by atoms with Gasteiger partial charge in [0.2, 0.25) is 5.91 Å². The van der Waals surface area contributed by atoms with Crippen LogP contribution in [0.3, 0.4) is 0 Å². The van der Waals surface area contributed by atoms with Crippen LogP contribution in [-0.4, -0.2) is 37.1 Å². The van der Waals surface area contributed by atoms with Gasteiger partial charge in [-0.2, -0.15) is 4.98 Å². The normalized spacial score (nSPS) is 11.1. The van der Waals surface area contributed by atoms with Gasteiger partial charge in [0.05, 0.1) is 18.7 Å². The first-order valence-electron chi connectivity index (χ1n) is 9.63. The fraction of sp³-hybridized carbons (Fsp3) is 0.286. The number of aryl methyl sites for hydroxylation is 3. The molecule has 0 atom stereocenters. The number of nitrogens with one attached hydrogen (secondary N) is 1. The van der Waals surface area contributed by atoms with Crippen molar-refractivity contribution in [3.8, 4) is 17.0 Å². The Bertz CT molecular complexity index is 1210. The molecule has 0 aliphatic heterocycles. The molecule has 30 heavy (non-hydrogen) atoms. The van der Waals surface area contributed by atoms with E-state index in [4.69, 9.17) is 4.74 Å². The lowest BCUT2D eigenvalue weighted by molar-refractivity contribution is -0.115. The quantitative estimate of drug-likeness (QED) is 0.509. The summed E-state index contributed by atoms with van der Waals surface area (Å²) in [6.07, 6.45) is 0.0544. The molecule has 0 radical (unpaired) electrons. The predicted octanol–water partition coefficient (Wildman–Crippen LogP) is 3.75. The number of rotatable bonds is 6. The number of ether oxygens (including phenoxy) is 1. The van der Waals surface area contributed by atoms with Crippen molar-refractivity contribution in [3.05, 3.63) is 52.4 Å². The topological polar surface area (TPSA) is 94.3 Å². The molecule has 4 aromatic rings. The lowest BCUT2D eigenvalue weighted by Crippen LogP contribution is -2.15. The molecular weight excluding hydrogens is 400 g/mol. The second-order valence-electron chi connectivity index (χ2n) is 6.88. The molecule has 0 saturated carbocycles. The molecule has 3 heterocycles. The third-order valence-corrected chi connectivity index (χ3v) is 5.35. The number of anilines is 1. The highest BCUT2D eigenvalue weighted by Gasteiger charge is 2.15. The Balaban J connectivity index is 1.47. The number of hydrogen-bond donors (Lipinski definition) is 1. The van der Waals surface area contributed by atoms with Gasteiger partial charge in [0.15, 0.2) is 11.0 Å². The summed E-state index contributed by atoms with van der Waals surface area (Å²) < 4.78 is 7.13. The summed E-state index contributed by atoms with van der Waals surface area (Å²) in [6, 6.07) is 9.70. The summed E-state index contributed by atoms with van der Waals surface area (Å²) in [5.74, 6) is 1.53. The molecule has 1 amide bonds. The van der Waals surface area contributed by atoms with Crippen LogP contribution in [0.1, 0.15) is 29.0 Å². The Morgan fingerprint density at radius 3 is 2.63 bits per heavy atom. The molecule has 3 aromatic heterocycles. The molecule has 0 spiro atoms. The highest BCUT2D eigenvalue weighted by Crippen LogP contribution is 2.31. The van der Waals surface area contributed by atoms with Crippen LogP contribution in [0.4, 0.5) is 5.13 Å². The highest BCUT2D eigenvalue weighted by molar-refractivity contribution is 7.16. The van der Waals surface area contributed by atoms with E-state index in [0.717, 1.165) is 33.3 Å². The lowest BCUT2D eigenvalue weighted by atomic mass is 10.1. The van der Waals surface area contributed by atoms with Gasteiger partial charge in [-0.15, -0.1) is 16.4 Å². The van der Waals surface area contributed by atoms with Crippen molar-refractivity contribution in [1.82, 2.24) is 24.6 Å². The van der Waals surface area contributed by atoms with Gasteiger partial charge in [-0.05, 0) is 58.0 Å². The number of carbonyl (C=O) groups excluding carboxylic acids is 1. The molecule has 0 aliphatic rings. The molecule has 1 N–H and O–H groups in total. The van der Waals surface area contributed by atoms with Gasteiger partial charge in [0.1, 0.15) is 5.75 Å². The maximum atomic E-state index is 12.5. The molecule has 9 heteroatoms. The van der Waals surface area contributed by atoms with Crippen molar-refractivity contribution in [3.63, 3.8) is 0 Å². The first-order valence-corrected chi connectivity index (χ1v) is 10.4. The number of hydrogen-bond acceptors (Lipinski definition) is 7. The van der Waals surface area contributed by atoms with Crippen LogP contribution in [0.15, 0.2) is 30.3 Å². The van der Waals surface area contributed by atoms with Gasteiger partial charge >= 0.3 is 0 Å². The summed E-state index contributed by atoms with van der Waals surface area (Å²) in [4.78, 5) is 26.8. The zero-order chi connectivity index (χ0) is 21.3. The van der Waals surface area contributed by atoms with Crippen molar-refractivity contribution < 1.29 is 9.53 Å². The highest BCUT2D eigenvalue weighted by atomic mass is 32.1. The molecule has 0 fully saturated rings. The second kappa shape index (κ2) is 8.19. The summed E-state index contributed by atoms with van der Waals surface area (Å²) in [5, 5.41) is 7.79. The van der Waals surface area contributed by atoms with Gasteiger partial charge in [0, 0.05) is 21.8 Å². The third-order valence-electron chi connectivity index (χ3n) is 4.46. The average Bonchev–Trinajstić information content (AvgIpc) is 3.25. The first kappa shape index (κ1) is 20.0. The largest absolute Gasteiger partial charge is 0.494 e. The Morgan fingerprint density at radius 2 is 1.90 bits per heavy atom. The third kappa shape index (κ3) is 4.16. The first-order chi connectivity index (χ1) is 14.4. The Labute approximate surface area is 178 Å². The van der Waals surface area contributed by atoms with Crippen molar-refractivity contribution in [2.24, 2.45) is 0 Å².